The van der Waals surface area contributed by atoms with Gasteiger partial charge in [-0.2, -0.15) is 0 Å². The van der Waals surface area contributed by atoms with E-state index in [1.54, 1.807) is 24.3 Å². The van der Waals surface area contributed by atoms with Gasteiger partial charge in [-0.25, -0.2) is 0 Å². The molecule has 0 aliphatic carbocycles. The molecule has 2 rings (SSSR count). The fourth-order valence-corrected chi connectivity index (χ4v) is 2.92. The number of hydrogen-bond donors (Lipinski definition) is 0. The van der Waals surface area contributed by atoms with Crippen molar-refractivity contribution in [2.45, 2.75) is 25.6 Å². The maximum Gasteiger partial charge on any atom is 0.308 e. The minimum absolute atomic E-state index is 0.0152. The van der Waals surface area contributed by atoms with Crippen LogP contribution in [-0.4, -0.2) is 24.1 Å². The predicted octanol–water partition coefficient (Wildman–Crippen LogP) is 3.04. The molecule has 0 amide bonds. The van der Waals surface area contributed by atoms with Crippen LogP contribution in [0.15, 0.2) is 36.9 Å². The average molecular weight is 305 g/mol. The topological polar surface area (TPSA) is 78.7 Å². The van der Waals surface area contributed by atoms with Gasteiger partial charge in [0.2, 0.25) is 0 Å². The SMILES string of the molecule is C=C[C@@H]1[C@@H](C)[C@H](CC(=O)OC)O[C@H]1c1ccccc1[N+](=O)[O-]. The molecule has 0 unspecified atom stereocenters. The first-order valence-electron chi connectivity index (χ1n) is 7.07. The minimum atomic E-state index is -0.483. The second-order valence-electron chi connectivity index (χ2n) is 5.36. The van der Waals surface area contributed by atoms with Crippen LogP contribution in [0, 0.1) is 22.0 Å². The summed E-state index contributed by atoms with van der Waals surface area (Å²) in [5.74, 6) is -0.444. The Morgan fingerprint density at radius 1 is 1.50 bits per heavy atom. The average Bonchev–Trinajstić information content (AvgIpc) is 2.83. The standard InChI is InChI=1S/C16H19NO5/c1-4-11-10(2)14(9-15(18)21-3)22-16(11)12-7-5-6-8-13(12)17(19)20/h4-8,10-11,14,16H,1,9H2,2-3H3/t10-,11-,14+,16-/m1/s1. The Balaban J connectivity index is 2.33. The van der Waals surface area contributed by atoms with Gasteiger partial charge in [-0.05, 0) is 12.0 Å². The van der Waals surface area contributed by atoms with Gasteiger partial charge in [0.25, 0.3) is 5.69 Å². The van der Waals surface area contributed by atoms with Crippen molar-refractivity contribution >= 4 is 11.7 Å². The molecule has 1 saturated heterocycles. The summed E-state index contributed by atoms with van der Waals surface area (Å²) < 4.78 is 10.6. The van der Waals surface area contributed by atoms with E-state index in [4.69, 9.17) is 4.74 Å². The van der Waals surface area contributed by atoms with Crippen molar-refractivity contribution in [2.24, 2.45) is 11.8 Å². The first-order valence-corrected chi connectivity index (χ1v) is 7.07. The quantitative estimate of drug-likeness (QED) is 0.361. The summed E-state index contributed by atoms with van der Waals surface area (Å²) in [7, 11) is 1.33. The largest absolute Gasteiger partial charge is 0.469 e. The molecule has 118 valence electrons. The molecule has 22 heavy (non-hydrogen) atoms. The van der Waals surface area contributed by atoms with E-state index in [1.165, 1.54) is 13.2 Å². The van der Waals surface area contributed by atoms with Crippen molar-refractivity contribution in [3.63, 3.8) is 0 Å². The number of carbonyl (C=O) groups is 1. The molecular formula is C16H19NO5. The molecule has 4 atom stereocenters. The molecule has 0 aromatic heterocycles. The van der Waals surface area contributed by atoms with Crippen LogP contribution in [-0.2, 0) is 14.3 Å². The summed E-state index contributed by atoms with van der Waals surface area (Å²) in [5, 5.41) is 11.2. The molecule has 0 N–H and O–H groups in total. The van der Waals surface area contributed by atoms with Gasteiger partial charge >= 0.3 is 5.97 Å². The number of methoxy groups -OCH3 is 1. The third kappa shape index (κ3) is 3.01. The lowest BCUT2D eigenvalue weighted by atomic mass is 9.85. The van der Waals surface area contributed by atoms with Gasteiger partial charge in [-0.15, -0.1) is 6.58 Å². The molecule has 6 nitrogen and oxygen atoms in total. The zero-order valence-corrected chi connectivity index (χ0v) is 12.6. The van der Waals surface area contributed by atoms with Gasteiger partial charge < -0.3 is 9.47 Å². The second kappa shape index (κ2) is 6.70. The van der Waals surface area contributed by atoms with Crippen LogP contribution < -0.4 is 0 Å². The summed E-state index contributed by atoms with van der Waals surface area (Å²) >= 11 is 0. The lowest BCUT2D eigenvalue weighted by Crippen LogP contribution is -2.21. The molecule has 1 heterocycles. The fraction of sp³-hybridized carbons (Fsp3) is 0.438. The number of para-hydroxylation sites is 1. The number of nitro groups is 1. The monoisotopic (exact) mass is 305 g/mol. The highest BCUT2D eigenvalue weighted by atomic mass is 16.6. The van der Waals surface area contributed by atoms with E-state index in [2.05, 4.69) is 11.3 Å². The highest BCUT2D eigenvalue weighted by Gasteiger charge is 2.43. The van der Waals surface area contributed by atoms with E-state index in [0.29, 0.717) is 5.56 Å². The summed E-state index contributed by atoms with van der Waals surface area (Å²) in [5.41, 5.74) is 0.530. The van der Waals surface area contributed by atoms with E-state index in [1.807, 2.05) is 6.92 Å². The summed E-state index contributed by atoms with van der Waals surface area (Å²) in [6.07, 6.45) is 1.03. The number of hydrogen-bond acceptors (Lipinski definition) is 5. The number of rotatable bonds is 5. The number of esters is 1. The van der Waals surface area contributed by atoms with Crippen molar-refractivity contribution in [3.8, 4) is 0 Å². The molecule has 0 radical (unpaired) electrons. The summed E-state index contributed by atoms with van der Waals surface area (Å²) in [4.78, 5) is 22.3. The fourth-order valence-electron chi connectivity index (χ4n) is 2.92. The van der Waals surface area contributed by atoms with E-state index in [0.717, 1.165) is 0 Å². The Labute approximate surface area is 128 Å². The van der Waals surface area contributed by atoms with Crippen LogP contribution in [0.4, 0.5) is 5.69 Å². The smallest absolute Gasteiger partial charge is 0.308 e. The van der Waals surface area contributed by atoms with E-state index >= 15 is 0 Å². The number of nitro benzene ring substituents is 1. The molecule has 1 aliphatic rings. The number of ether oxygens (including phenoxy) is 2. The van der Waals surface area contributed by atoms with Crippen LogP contribution in [0.25, 0.3) is 0 Å². The van der Waals surface area contributed by atoms with Crippen LogP contribution in [0.1, 0.15) is 25.0 Å². The first kappa shape index (κ1) is 16.2. The Hall–Kier alpha value is -2.21. The highest BCUT2D eigenvalue weighted by molar-refractivity contribution is 5.69. The lowest BCUT2D eigenvalue weighted by molar-refractivity contribution is -0.386. The third-order valence-electron chi connectivity index (χ3n) is 4.17. The molecule has 1 aromatic rings. The van der Waals surface area contributed by atoms with Crippen LogP contribution in [0.2, 0.25) is 0 Å². The Morgan fingerprint density at radius 2 is 2.18 bits per heavy atom. The van der Waals surface area contributed by atoms with Crippen molar-refractivity contribution in [1.29, 1.82) is 0 Å². The normalized spacial score (nSPS) is 27.4. The van der Waals surface area contributed by atoms with Crippen LogP contribution in [0.5, 0.6) is 0 Å². The molecule has 1 aliphatic heterocycles. The Kier molecular flexibility index (Phi) is 4.92. The van der Waals surface area contributed by atoms with Crippen molar-refractivity contribution in [3.05, 3.63) is 52.6 Å². The van der Waals surface area contributed by atoms with Crippen molar-refractivity contribution in [2.75, 3.05) is 7.11 Å². The minimum Gasteiger partial charge on any atom is -0.469 e. The molecule has 0 spiro atoms. The number of carbonyl (C=O) groups excluding carboxylic acids is 1. The van der Waals surface area contributed by atoms with Gasteiger partial charge in [-0.1, -0.05) is 25.1 Å². The molecule has 0 saturated carbocycles. The van der Waals surface area contributed by atoms with E-state index < -0.39 is 11.0 Å². The lowest BCUT2D eigenvalue weighted by Gasteiger charge is -2.17. The highest BCUT2D eigenvalue weighted by Crippen LogP contribution is 2.46. The predicted molar refractivity (Wildman–Crippen MR) is 80.2 cm³/mol. The van der Waals surface area contributed by atoms with E-state index in [9.17, 15) is 14.9 Å². The van der Waals surface area contributed by atoms with Gasteiger partial charge in [0, 0.05) is 12.0 Å². The number of nitrogens with zero attached hydrogens (tertiary/aromatic N) is 1. The molecule has 6 heteroatoms. The van der Waals surface area contributed by atoms with Crippen LogP contribution in [0.3, 0.4) is 0 Å². The molecule has 1 fully saturated rings. The maximum absolute atomic E-state index is 11.5. The Morgan fingerprint density at radius 3 is 2.77 bits per heavy atom. The zero-order chi connectivity index (χ0) is 16.3. The van der Waals surface area contributed by atoms with Gasteiger partial charge in [0.05, 0.1) is 36.2 Å². The maximum atomic E-state index is 11.5. The van der Waals surface area contributed by atoms with Crippen molar-refractivity contribution in [1.82, 2.24) is 0 Å². The zero-order valence-electron chi connectivity index (χ0n) is 12.6. The molecule has 0 bridgehead atoms. The Bertz CT molecular complexity index is 586. The van der Waals surface area contributed by atoms with Gasteiger partial charge in [0.15, 0.2) is 0 Å². The second-order valence-corrected chi connectivity index (χ2v) is 5.36. The molecule has 1 aromatic carbocycles. The van der Waals surface area contributed by atoms with E-state index in [-0.39, 0.29) is 36.0 Å². The number of benzene rings is 1. The molecular weight excluding hydrogens is 286 g/mol. The summed E-state index contributed by atoms with van der Waals surface area (Å²) in [6, 6.07) is 6.50. The van der Waals surface area contributed by atoms with Crippen LogP contribution >= 0.6 is 0 Å². The van der Waals surface area contributed by atoms with Crippen molar-refractivity contribution < 1.29 is 19.2 Å². The van der Waals surface area contributed by atoms with Gasteiger partial charge in [0.1, 0.15) is 0 Å². The summed E-state index contributed by atoms with van der Waals surface area (Å²) in [6.45, 7) is 5.76. The van der Waals surface area contributed by atoms with Gasteiger partial charge in [-0.3, -0.25) is 14.9 Å². The first-order chi connectivity index (χ1) is 10.5. The third-order valence-corrected chi connectivity index (χ3v) is 4.17.